The number of alkyl halides is 3. The lowest BCUT2D eigenvalue weighted by atomic mass is 9.96. The van der Waals surface area contributed by atoms with Gasteiger partial charge in [-0.15, -0.1) is 11.3 Å². The summed E-state index contributed by atoms with van der Waals surface area (Å²) in [6.45, 7) is 1.42. The molecule has 9 nitrogen and oxygen atoms in total. The minimum absolute atomic E-state index is 0.0359. The van der Waals surface area contributed by atoms with Crippen molar-refractivity contribution >= 4 is 50.0 Å². The molecule has 0 saturated carbocycles. The third-order valence-corrected chi connectivity index (χ3v) is 8.26. The number of hydrogen-bond acceptors (Lipinski definition) is 8. The second-order valence-corrected chi connectivity index (χ2v) is 11.8. The number of hydrogen-bond donors (Lipinski definition) is 1. The molecule has 0 saturated heterocycles. The minimum atomic E-state index is -4.75. The maximum atomic E-state index is 13.9. The number of fused-ring (bicyclic) bond motifs is 2. The van der Waals surface area contributed by atoms with Gasteiger partial charge < -0.3 is 14.7 Å². The van der Waals surface area contributed by atoms with E-state index in [2.05, 4.69) is 9.97 Å². The van der Waals surface area contributed by atoms with E-state index >= 15 is 0 Å². The van der Waals surface area contributed by atoms with Crippen molar-refractivity contribution in [1.29, 1.82) is 5.26 Å². The number of nitrogens with zero attached hydrogens (tertiary/aromatic N) is 5. The third-order valence-electron chi connectivity index (χ3n) is 6.90. The van der Waals surface area contributed by atoms with Gasteiger partial charge in [-0.25, -0.2) is 9.78 Å². The average molecular weight is 642 g/mol. The second-order valence-electron chi connectivity index (χ2n) is 10.1. The van der Waals surface area contributed by atoms with Gasteiger partial charge in [0.25, 0.3) is 5.56 Å². The summed E-state index contributed by atoms with van der Waals surface area (Å²) in [7, 11) is 3.13. The molecule has 0 aliphatic heterocycles. The molecule has 0 atom stereocenters. The highest BCUT2D eigenvalue weighted by Gasteiger charge is 2.36. The molecule has 0 unspecified atom stereocenters. The van der Waals surface area contributed by atoms with Crippen LogP contribution in [0.5, 0.6) is 5.75 Å². The van der Waals surface area contributed by atoms with Crippen molar-refractivity contribution in [2.75, 3.05) is 20.7 Å². The van der Waals surface area contributed by atoms with Gasteiger partial charge >= 0.3 is 12.1 Å². The standard InChI is InChI=1S/C30H23ClF3N5O4S/c1-15-24(29(41)42)26-27(44-15)17(6-7-36-26)18-10-16(31)4-5-23(18)43-9-8-39-14-37-22-11-21(30(32,33)34)20(13-38(2)3)19(12-35)25(22)28(39)40/h4-7,10-11,14H,8-9,13H2,1-3H3,(H,41,42). The number of aromatic carboxylic acids is 1. The van der Waals surface area contributed by atoms with E-state index in [9.17, 15) is 33.1 Å². The summed E-state index contributed by atoms with van der Waals surface area (Å²) in [5.41, 5.74) is -0.893. The van der Waals surface area contributed by atoms with Crippen LogP contribution >= 0.6 is 22.9 Å². The summed E-state index contributed by atoms with van der Waals surface area (Å²) < 4.78 is 49.5. The van der Waals surface area contributed by atoms with Crippen molar-refractivity contribution in [3.05, 3.63) is 85.4 Å². The minimum Gasteiger partial charge on any atom is -0.491 e. The van der Waals surface area contributed by atoms with Crippen LogP contribution in [0, 0.1) is 18.3 Å². The molecule has 2 aromatic carbocycles. The molecule has 3 heterocycles. The Hall–Kier alpha value is -4.51. The molecular formula is C30H23ClF3N5O4S. The first kappa shape index (κ1) is 30.9. The normalized spacial score (nSPS) is 11.8. The van der Waals surface area contributed by atoms with Gasteiger partial charge in [-0.1, -0.05) is 11.6 Å². The molecule has 1 N–H and O–H groups in total. The highest BCUT2D eigenvalue weighted by molar-refractivity contribution is 7.20. The molecule has 44 heavy (non-hydrogen) atoms. The molecule has 5 aromatic rings. The fraction of sp³-hybridized carbons (Fsp3) is 0.233. The fourth-order valence-electron chi connectivity index (χ4n) is 5.03. The topological polar surface area (TPSA) is 121 Å². The third kappa shape index (κ3) is 5.71. The number of nitriles is 1. The highest BCUT2D eigenvalue weighted by Crippen LogP contribution is 2.41. The maximum Gasteiger partial charge on any atom is 0.416 e. The zero-order valence-corrected chi connectivity index (χ0v) is 25.1. The molecule has 0 amide bonds. The van der Waals surface area contributed by atoms with Crippen LogP contribution < -0.4 is 10.3 Å². The van der Waals surface area contributed by atoms with E-state index in [4.69, 9.17) is 16.3 Å². The zero-order valence-electron chi connectivity index (χ0n) is 23.5. The van der Waals surface area contributed by atoms with Crippen molar-refractivity contribution in [3.63, 3.8) is 0 Å². The first-order chi connectivity index (χ1) is 20.8. The molecule has 0 aliphatic carbocycles. The Labute approximate surface area is 257 Å². The number of aryl methyl sites for hydroxylation is 1. The zero-order chi connectivity index (χ0) is 31.9. The van der Waals surface area contributed by atoms with Crippen LogP contribution in [0.2, 0.25) is 5.02 Å². The number of benzene rings is 2. The smallest absolute Gasteiger partial charge is 0.416 e. The van der Waals surface area contributed by atoms with Crippen LogP contribution in [0.25, 0.3) is 32.2 Å². The van der Waals surface area contributed by atoms with Crippen LogP contribution in [-0.4, -0.2) is 51.2 Å². The summed E-state index contributed by atoms with van der Waals surface area (Å²) in [6, 6.07) is 9.26. The van der Waals surface area contributed by atoms with Crippen LogP contribution in [0.15, 0.2) is 47.7 Å². The Balaban J connectivity index is 1.51. The quantitative estimate of drug-likeness (QED) is 0.208. The number of halogens is 4. The van der Waals surface area contributed by atoms with Gasteiger partial charge in [-0.2, -0.15) is 18.4 Å². The molecule has 226 valence electrons. The Morgan fingerprint density at radius 2 is 1.95 bits per heavy atom. The van der Waals surface area contributed by atoms with Crippen LogP contribution in [-0.2, 0) is 19.3 Å². The summed E-state index contributed by atoms with van der Waals surface area (Å²) in [5.74, 6) is -0.689. The van der Waals surface area contributed by atoms with Gasteiger partial charge in [0.05, 0.1) is 50.7 Å². The number of ether oxygens (including phenoxy) is 1. The number of thiophene rings is 1. The summed E-state index contributed by atoms with van der Waals surface area (Å²) in [5, 5.41) is 19.8. The molecule has 14 heteroatoms. The monoisotopic (exact) mass is 641 g/mol. The van der Waals surface area contributed by atoms with E-state index < -0.39 is 23.3 Å². The van der Waals surface area contributed by atoms with Crippen LogP contribution in [0.3, 0.4) is 0 Å². The molecule has 0 fully saturated rings. The Kier molecular flexibility index (Phi) is 8.35. The molecular weight excluding hydrogens is 619 g/mol. The molecule has 3 aromatic heterocycles. The van der Waals surface area contributed by atoms with E-state index in [-0.39, 0.29) is 47.3 Å². The number of pyridine rings is 1. The highest BCUT2D eigenvalue weighted by atomic mass is 35.5. The van der Waals surface area contributed by atoms with Crippen molar-refractivity contribution in [3.8, 4) is 22.9 Å². The van der Waals surface area contributed by atoms with E-state index in [1.54, 1.807) is 51.4 Å². The van der Waals surface area contributed by atoms with Gasteiger partial charge in [0.1, 0.15) is 18.4 Å². The molecule has 5 rings (SSSR count). The molecule has 0 aliphatic rings. The van der Waals surface area contributed by atoms with E-state index in [0.717, 1.165) is 12.4 Å². The number of carboxylic acid groups (broad SMARTS) is 1. The fourth-order valence-corrected chi connectivity index (χ4v) is 6.33. The molecule has 0 spiro atoms. The predicted molar refractivity (Wildman–Crippen MR) is 160 cm³/mol. The van der Waals surface area contributed by atoms with E-state index in [1.165, 1.54) is 27.0 Å². The van der Waals surface area contributed by atoms with E-state index in [1.807, 2.05) is 0 Å². The SMILES string of the molecule is Cc1sc2c(-c3cc(Cl)ccc3OCCn3cnc4cc(C(F)(F)F)c(CN(C)C)c(C#N)c4c3=O)ccnc2c1C(=O)O. The molecule has 0 radical (unpaired) electrons. The lowest BCUT2D eigenvalue weighted by molar-refractivity contribution is -0.138. The lowest BCUT2D eigenvalue weighted by Crippen LogP contribution is -2.26. The number of aromatic nitrogens is 3. The van der Waals surface area contributed by atoms with Crippen LogP contribution in [0.4, 0.5) is 13.2 Å². The second kappa shape index (κ2) is 11.9. The number of rotatable bonds is 8. The van der Waals surface area contributed by atoms with Crippen molar-refractivity contribution in [2.45, 2.75) is 26.2 Å². The number of carboxylic acids is 1. The average Bonchev–Trinajstić information content (AvgIpc) is 3.30. The van der Waals surface area contributed by atoms with Gasteiger partial charge in [0.15, 0.2) is 0 Å². The van der Waals surface area contributed by atoms with Crippen molar-refractivity contribution < 1.29 is 27.8 Å². The first-order valence-corrected chi connectivity index (χ1v) is 14.2. The Morgan fingerprint density at radius 1 is 1.20 bits per heavy atom. The molecule has 0 bridgehead atoms. The first-order valence-electron chi connectivity index (χ1n) is 13.0. The summed E-state index contributed by atoms with van der Waals surface area (Å²) in [6.07, 6.45) is -2.12. The van der Waals surface area contributed by atoms with Gasteiger partial charge in [-0.05, 0) is 56.9 Å². The Morgan fingerprint density at radius 3 is 2.61 bits per heavy atom. The van der Waals surface area contributed by atoms with Gasteiger partial charge in [-0.3, -0.25) is 14.3 Å². The lowest BCUT2D eigenvalue weighted by Gasteiger charge is -2.19. The van der Waals surface area contributed by atoms with Crippen molar-refractivity contribution in [2.24, 2.45) is 0 Å². The van der Waals surface area contributed by atoms with Crippen molar-refractivity contribution in [1.82, 2.24) is 19.4 Å². The van der Waals surface area contributed by atoms with Gasteiger partial charge in [0, 0.05) is 33.8 Å². The maximum absolute atomic E-state index is 13.9. The predicted octanol–water partition coefficient (Wildman–Crippen LogP) is 6.36. The summed E-state index contributed by atoms with van der Waals surface area (Å²) >= 11 is 7.59. The van der Waals surface area contributed by atoms with Crippen LogP contribution in [0.1, 0.15) is 31.9 Å². The summed E-state index contributed by atoms with van der Waals surface area (Å²) in [4.78, 5) is 35.7. The largest absolute Gasteiger partial charge is 0.491 e. The number of carbonyl (C=O) groups is 1. The van der Waals surface area contributed by atoms with E-state index in [0.29, 0.717) is 37.0 Å². The van der Waals surface area contributed by atoms with Gasteiger partial charge in [0.2, 0.25) is 0 Å². The Bertz CT molecular complexity index is 2050.